The number of pyridine rings is 1. The summed E-state index contributed by atoms with van der Waals surface area (Å²) in [6.45, 7) is 1.42. The highest BCUT2D eigenvalue weighted by Gasteiger charge is 2.28. The fraction of sp³-hybridized carbons (Fsp3) is 0.370. The Labute approximate surface area is 214 Å². The van der Waals surface area contributed by atoms with Crippen molar-refractivity contribution < 1.29 is 29.2 Å². The molecule has 1 aliphatic heterocycles. The number of halogens is 1. The summed E-state index contributed by atoms with van der Waals surface area (Å²) in [4.78, 5) is 4.52. The zero-order chi connectivity index (χ0) is 25.1. The lowest BCUT2D eigenvalue weighted by atomic mass is 9.96. The molecule has 0 spiro atoms. The molecule has 8 nitrogen and oxygen atoms in total. The van der Waals surface area contributed by atoms with E-state index in [-0.39, 0.29) is 19.3 Å². The number of nitrogens with one attached hydrogen (secondary N) is 1. The van der Waals surface area contributed by atoms with Crippen LogP contribution >= 0.6 is 11.6 Å². The highest BCUT2D eigenvalue weighted by Crippen LogP contribution is 2.43. The van der Waals surface area contributed by atoms with E-state index in [2.05, 4.69) is 28.5 Å². The Kier molecular flexibility index (Phi) is 7.48. The number of fused-ring (bicyclic) bond motifs is 2. The van der Waals surface area contributed by atoms with Crippen LogP contribution in [-0.4, -0.2) is 54.8 Å². The summed E-state index contributed by atoms with van der Waals surface area (Å²) in [5.41, 5.74) is 5.32. The predicted octanol–water partition coefficient (Wildman–Crippen LogP) is 3.69. The maximum atomic E-state index is 9.53. The van der Waals surface area contributed by atoms with E-state index >= 15 is 0 Å². The van der Waals surface area contributed by atoms with Gasteiger partial charge < -0.3 is 34.5 Å². The Morgan fingerprint density at radius 2 is 1.97 bits per heavy atom. The first-order valence-corrected chi connectivity index (χ1v) is 12.4. The van der Waals surface area contributed by atoms with Crippen LogP contribution in [0, 0.1) is 0 Å². The number of methoxy groups -OCH3 is 1. The first-order chi connectivity index (χ1) is 17.6. The molecule has 1 aliphatic carbocycles. The average molecular weight is 513 g/mol. The topological polar surface area (TPSA) is 102 Å². The molecule has 0 amide bonds. The molecule has 2 aromatic carbocycles. The minimum Gasteiger partial charge on any atom is -0.486 e. The van der Waals surface area contributed by atoms with E-state index in [4.69, 9.17) is 35.7 Å². The van der Waals surface area contributed by atoms with Crippen molar-refractivity contribution in [3.8, 4) is 34.4 Å². The van der Waals surface area contributed by atoms with Gasteiger partial charge in [0.15, 0.2) is 11.5 Å². The summed E-state index contributed by atoms with van der Waals surface area (Å²) < 4.78 is 23.2. The van der Waals surface area contributed by atoms with E-state index in [9.17, 15) is 5.11 Å². The van der Waals surface area contributed by atoms with Gasteiger partial charge in [0.25, 0.3) is 0 Å². The molecule has 2 atom stereocenters. The molecule has 0 radical (unpaired) electrons. The molecular formula is C27H29ClN2O6. The maximum absolute atomic E-state index is 9.53. The van der Waals surface area contributed by atoms with Crippen molar-refractivity contribution in [3.05, 3.63) is 64.2 Å². The maximum Gasteiger partial charge on any atom is 0.236 e. The number of hydrogen-bond acceptors (Lipinski definition) is 8. The van der Waals surface area contributed by atoms with Gasteiger partial charge in [-0.2, -0.15) is 4.98 Å². The fourth-order valence-electron chi connectivity index (χ4n) is 4.67. The number of hydrogen-bond donors (Lipinski definition) is 3. The van der Waals surface area contributed by atoms with Crippen molar-refractivity contribution in [1.82, 2.24) is 10.3 Å². The molecule has 5 rings (SSSR count). The van der Waals surface area contributed by atoms with Crippen LogP contribution in [0.15, 0.2) is 42.5 Å². The lowest BCUT2D eigenvalue weighted by molar-refractivity contribution is 0.0941. The van der Waals surface area contributed by atoms with E-state index in [1.54, 1.807) is 6.07 Å². The second-order valence-corrected chi connectivity index (χ2v) is 9.20. The molecule has 3 aromatic rings. The summed E-state index contributed by atoms with van der Waals surface area (Å²) in [7, 11) is 1.54. The second-order valence-electron chi connectivity index (χ2n) is 8.79. The van der Waals surface area contributed by atoms with Crippen molar-refractivity contribution in [2.75, 3.05) is 33.5 Å². The van der Waals surface area contributed by atoms with E-state index in [0.29, 0.717) is 36.5 Å². The SMILES string of the molecule is COc1nc(O[C@H]2CCc3c(-c4ccc5c(c4)OCCO5)cccc32)c(Cl)cc1CNC[C@@H](O)CO. The minimum atomic E-state index is -0.837. The average Bonchev–Trinajstić information content (AvgIpc) is 3.32. The molecule has 2 heterocycles. The van der Waals surface area contributed by atoms with Gasteiger partial charge in [-0.1, -0.05) is 35.9 Å². The Morgan fingerprint density at radius 3 is 2.78 bits per heavy atom. The van der Waals surface area contributed by atoms with Gasteiger partial charge in [-0.25, -0.2) is 0 Å². The van der Waals surface area contributed by atoms with Crippen LogP contribution < -0.4 is 24.3 Å². The van der Waals surface area contributed by atoms with Crippen LogP contribution in [0.25, 0.3) is 11.1 Å². The van der Waals surface area contributed by atoms with Crippen LogP contribution in [0.4, 0.5) is 0 Å². The number of nitrogens with zero attached hydrogens (tertiary/aromatic N) is 1. The van der Waals surface area contributed by atoms with E-state index < -0.39 is 6.10 Å². The number of aliphatic hydroxyl groups is 2. The zero-order valence-corrected chi connectivity index (χ0v) is 20.8. The molecule has 190 valence electrons. The number of rotatable bonds is 9. The van der Waals surface area contributed by atoms with Crippen LogP contribution in [0.2, 0.25) is 5.02 Å². The van der Waals surface area contributed by atoms with Gasteiger partial charge in [0.1, 0.15) is 24.3 Å². The smallest absolute Gasteiger partial charge is 0.236 e. The first kappa shape index (κ1) is 24.6. The number of aromatic nitrogens is 1. The van der Waals surface area contributed by atoms with Gasteiger partial charge >= 0.3 is 0 Å². The van der Waals surface area contributed by atoms with Gasteiger partial charge in [-0.15, -0.1) is 0 Å². The number of ether oxygens (including phenoxy) is 4. The lowest BCUT2D eigenvalue weighted by Crippen LogP contribution is -2.29. The quantitative estimate of drug-likeness (QED) is 0.399. The van der Waals surface area contributed by atoms with Crippen molar-refractivity contribution in [3.63, 3.8) is 0 Å². The molecule has 36 heavy (non-hydrogen) atoms. The van der Waals surface area contributed by atoms with Crippen molar-refractivity contribution in [2.24, 2.45) is 0 Å². The Bertz CT molecular complexity index is 1240. The van der Waals surface area contributed by atoms with Gasteiger partial charge in [0.05, 0.1) is 19.8 Å². The third kappa shape index (κ3) is 5.08. The molecule has 0 fully saturated rings. The summed E-state index contributed by atoms with van der Waals surface area (Å²) in [5.74, 6) is 2.25. The number of aliphatic hydroxyl groups excluding tert-OH is 2. The molecule has 3 N–H and O–H groups in total. The highest BCUT2D eigenvalue weighted by atomic mass is 35.5. The lowest BCUT2D eigenvalue weighted by Gasteiger charge is -2.20. The third-order valence-corrected chi connectivity index (χ3v) is 6.68. The summed E-state index contributed by atoms with van der Waals surface area (Å²) >= 11 is 6.54. The van der Waals surface area contributed by atoms with E-state index in [1.165, 1.54) is 12.7 Å². The van der Waals surface area contributed by atoms with Crippen LogP contribution in [0.1, 0.15) is 29.2 Å². The molecule has 9 heteroatoms. The van der Waals surface area contributed by atoms with Crippen molar-refractivity contribution in [2.45, 2.75) is 31.6 Å². The van der Waals surface area contributed by atoms with Gasteiger partial charge in [-0.3, -0.25) is 0 Å². The predicted molar refractivity (Wildman–Crippen MR) is 135 cm³/mol. The Hall–Kier alpha value is -3.04. The zero-order valence-electron chi connectivity index (χ0n) is 20.0. The van der Waals surface area contributed by atoms with Crippen LogP contribution in [0.3, 0.4) is 0 Å². The monoisotopic (exact) mass is 512 g/mol. The molecule has 2 aliphatic rings. The summed E-state index contributed by atoms with van der Waals surface area (Å²) in [5, 5.41) is 21.9. The van der Waals surface area contributed by atoms with Crippen LogP contribution in [-0.2, 0) is 13.0 Å². The molecule has 0 saturated carbocycles. The summed E-state index contributed by atoms with van der Waals surface area (Å²) in [6, 6.07) is 14.1. The van der Waals surface area contributed by atoms with Gasteiger partial charge in [0, 0.05) is 18.7 Å². The minimum absolute atomic E-state index is 0.185. The number of benzene rings is 2. The Morgan fingerprint density at radius 1 is 1.14 bits per heavy atom. The first-order valence-electron chi connectivity index (χ1n) is 12.0. The molecule has 1 aromatic heterocycles. The second kappa shape index (κ2) is 10.9. The molecule has 0 unspecified atom stereocenters. The normalized spacial score (nSPS) is 16.9. The fourth-order valence-corrected chi connectivity index (χ4v) is 4.89. The highest BCUT2D eigenvalue weighted by molar-refractivity contribution is 6.31. The summed E-state index contributed by atoms with van der Waals surface area (Å²) in [6.07, 6.45) is 0.654. The van der Waals surface area contributed by atoms with Crippen molar-refractivity contribution in [1.29, 1.82) is 0 Å². The standard InChI is InChI=1S/C27H29ClN2O6/c1-33-26-17(13-29-14-18(32)15-31)11-22(28)27(30-26)36-23-8-6-20-19(3-2-4-21(20)23)16-5-7-24-25(12-16)35-10-9-34-24/h2-5,7,11-12,18,23,29,31-32H,6,8-10,13-15H2,1H3/t18-,23+/m1/s1. The van der Waals surface area contributed by atoms with E-state index in [0.717, 1.165) is 46.6 Å². The third-order valence-electron chi connectivity index (χ3n) is 6.41. The largest absolute Gasteiger partial charge is 0.486 e. The Balaban J connectivity index is 1.36. The van der Waals surface area contributed by atoms with E-state index in [1.807, 2.05) is 18.2 Å². The van der Waals surface area contributed by atoms with Crippen molar-refractivity contribution >= 4 is 11.6 Å². The van der Waals surface area contributed by atoms with Gasteiger partial charge in [0.2, 0.25) is 11.8 Å². The van der Waals surface area contributed by atoms with Gasteiger partial charge in [-0.05, 0) is 53.3 Å². The molecule has 0 saturated heterocycles. The molecular weight excluding hydrogens is 484 g/mol. The molecule has 0 bridgehead atoms. The van der Waals surface area contributed by atoms with Crippen LogP contribution in [0.5, 0.6) is 23.3 Å².